The molecule has 6 heteroatoms. The van der Waals surface area contributed by atoms with Crippen LogP contribution >= 0.6 is 0 Å². The van der Waals surface area contributed by atoms with E-state index in [1.165, 1.54) is 24.3 Å². The quantitative estimate of drug-likeness (QED) is 0.573. The second kappa shape index (κ2) is 4.37. The predicted octanol–water partition coefficient (Wildman–Crippen LogP) is 2.25. The van der Waals surface area contributed by atoms with Gasteiger partial charge >= 0.3 is 11.9 Å². The van der Waals surface area contributed by atoms with Gasteiger partial charge in [-0.3, -0.25) is 0 Å². The van der Waals surface area contributed by atoms with Gasteiger partial charge in [-0.1, -0.05) is 12.1 Å². The number of aromatic hydroxyl groups is 1. The van der Waals surface area contributed by atoms with E-state index in [1.54, 1.807) is 6.92 Å². The number of carbonyl (C=O) groups is 2. The third-order valence-corrected chi connectivity index (χ3v) is 2.81. The van der Waals surface area contributed by atoms with E-state index in [4.69, 9.17) is 10.2 Å². The van der Waals surface area contributed by atoms with Gasteiger partial charge in [-0.2, -0.15) is 0 Å². The summed E-state index contributed by atoms with van der Waals surface area (Å²) in [4.78, 5) is 22.3. The third kappa shape index (κ3) is 1.88. The summed E-state index contributed by atoms with van der Waals surface area (Å²) < 4.78 is 0. The van der Waals surface area contributed by atoms with E-state index in [0.717, 1.165) is 0 Å². The van der Waals surface area contributed by atoms with Crippen LogP contribution in [0.2, 0.25) is 0 Å². The summed E-state index contributed by atoms with van der Waals surface area (Å²) in [6.45, 7) is 1.64. The van der Waals surface area contributed by atoms with Gasteiger partial charge < -0.3 is 15.3 Å². The molecule has 0 amide bonds. The average Bonchev–Trinajstić information content (AvgIpc) is 2.27. The minimum Gasteiger partial charge on any atom is -0.507 e. The number of rotatable bonds is 2. The van der Waals surface area contributed by atoms with Crippen molar-refractivity contribution in [2.45, 2.75) is 6.92 Å². The standard InChI is InChI=1S/C13H10O5.Rf/c1-6-2-3-8-7(10(6)12(15)16)4-5-9(14)11(8)13(17)18;/h2-5,14H,1H3,(H,15,16)(H,17,18);. The maximum absolute atomic E-state index is 11.2. The summed E-state index contributed by atoms with van der Waals surface area (Å²) in [6, 6.07) is 5.63. The van der Waals surface area contributed by atoms with Crippen molar-refractivity contribution < 1.29 is 24.9 Å². The summed E-state index contributed by atoms with van der Waals surface area (Å²) >= 11 is 0. The Bertz CT molecular complexity index is 619. The van der Waals surface area contributed by atoms with Crippen LogP contribution in [0, 0.1) is 6.92 Å². The zero-order valence-corrected chi connectivity index (χ0v) is 16.6. The van der Waals surface area contributed by atoms with Gasteiger partial charge in [0.1, 0.15) is 11.3 Å². The molecule has 0 aliphatic carbocycles. The fourth-order valence-corrected chi connectivity index (χ4v) is 2.01. The van der Waals surface area contributed by atoms with Crippen molar-refractivity contribution in [3.8, 4) is 5.75 Å². The molecule has 0 spiro atoms. The van der Waals surface area contributed by atoms with Crippen LogP contribution in [0.15, 0.2) is 24.3 Å². The van der Waals surface area contributed by atoms with Gasteiger partial charge in [-0.25, -0.2) is 9.59 Å². The molecule has 0 bridgehead atoms. The van der Waals surface area contributed by atoms with Crippen LogP contribution in [-0.2, 0) is 0 Å². The number of phenols is 1. The maximum atomic E-state index is 11.2. The predicted molar refractivity (Wildman–Crippen MR) is 64.3 cm³/mol. The molecule has 2 aromatic rings. The molecule has 0 saturated heterocycles. The average molecular weight is 513 g/mol. The normalized spacial score (nSPS) is 9.95. The van der Waals surface area contributed by atoms with Crippen molar-refractivity contribution in [2.24, 2.45) is 0 Å². The minimum absolute atomic E-state index is 0. The first-order chi connectivity index (χ1) is 8.43. The summed E-state index contributed by atoms with van der Waals surface area (Å²) in [5, 5.41) is 28.3. The minimum atomic E-state index is -1.29. The molecule has 0 unspecified atom stereocenters. The Balaban J connectivity index is 0.00000180. The van der Waals surface area contributed by atoms with E-state index < -0.39 is 11.9 Å². The van der Waals surface area contributed by atoms with E-state index in [0.29, 0.717) is 10.9 Å². The van der Waals surface area contributed by atoms with Gasteiger partial charge in [-0.15, -0.1) is 0 Å². The Kier molecular flexibility index (Phi) is 3.10. The molecule has 94 valence electrons. The molecule has 0 saturated carbocycles. The van der Waals surface area contributed by atoms with Crippen LogP contribution in [-0.4, -0.2) is 27.3 Å². The number of aryl methyl sites for hydroxylation is 1. The summed E-state index contributed by atoms with van der Waals surface area (Å²) in [7, 11) is 0. The number of hydrogen-bond donors (Lipinski definition) is 3. The van der Waals surface area contributed by atoms with Gasteiger partial charge in [0.05, 0.1) is 5.56 Å². The number of aromatic carboxylic acids is 2. The molecule has 0 fully saturated rings. The third-order valence-electron chi connectivity index (χ3n) is 2.81. The number of carboxylic acids is 2. The fourth-order valence-electron chi connectivity index (χ4n) is 2.01. The van der Waals surface area contributed by atoms with Gasteiger partial charge in [0.15, 0.2) is 0 Å². The zero-order valence-electron chi connectivity index (χ0n) is 10.2. The summed E-state index contributed by atoms with van der Waals surface area (Å²) in [5.41, 5.74) is 0.307. The first-order valence-electron chi connectivity index (χ1n) is 5.15. The van der Waals surface area contributed by atoms with Crippen molar-refractivity contribution in [3.05, 3.63) is 41.0 Å². The molecule has 0 aliphatic heterocycles. The Morgan fingerprint density at radius 2 is 1.37 bits per heavy atom. The molecule has 2 rings (SSSR count). The number of fused-ring (bicyclic) bond motifs is 1. The Labute approximate surface area is 102 Å². The molecular weight excluding hydrogens is 503 g/mol. The fraction of sp³-hybridized carbons (Fsp3) is 0.0769. The summed E-state index contributed by atoms with van der Waals surface area (Å²) in [5.74, 6) is -2.80. The smallest absolute Gasteiger partial charge is 0.340 e. The van der Waals surface area contributed by atoms with E-state index in [-0.39, 0.29) is 22.3 Å². The van der Waals surface area contributed by atoms with E-state index in [9.17, 15) is 14.7 Å². The van der Waals surface area contributed by atoms with Crippen molar-refractivity contribution >= 4 is 22.7 Å². The first-order valence-corrected chi connectivity index (χ1v) is 5.15. The van der Waals surface area contributed by atoms with Crippen molar-refractivity contribution in [1.29, 1.82) is 0 Å². The number of hydrogen-bond acceptors (Lipinski definition) is 3. The largest absolute Gasteiger partial charge is 0.507 e. The van der Waals surface area contributed by atoms with Crippen LogP contribution in [0.5, 0.6) is 5.75 Å². The molecular formula is C13H10O5Rf. The molecule has 0 aliphatic rings. The molecule has 0 heterocycles. The molecule has 19 heavy (non-hydrogen) atoms. The Hall–Kier alpha value is -3.56. The van der Waals surface area contributed by atoms with E-state index in [2.05, 4.69) is 0 Å². The van der Waals surface area contributed by atoms with E-state index in [1.807, 2.05) is 0 Å². The molecule has 0 atom stereocenters. The van der Waals surface area contributed by atoms with Crippen molar-refractivity contribution in [2.75, 3.05) is 0 Å². The zero-order chi connectivity index (χ0) is 13.4. The van der Waals surface area contributed by atoms with Crippen molar-refractivity contribution in [3.63, 3.8) is 0 Å². The molecule has 5 nitrogen and oxygen atoms in total. The number of carboxylic acid groups (broad SMARTS) is 2. The molecule has 0 aromatic heterocycles. The Morgan fingerprint density at radius 3 is 1.89 bits per heavy atom. The van der Waals surface area contributed by atoms with Crippen LogP contribution in [0.25, 0.3) is 10.8 Å². The maximum Gasteiger partial charge on any atom is 0.340 e. The second-order valence-corrected chi connectivity index (χ2v) is 3.92. The summed E-state index contributed by atoms with van der Waals surface area (Å²) in [6.07, 6.45) is 0. The van der Waals surface area contributed by atoms with Crippen LogP contribution in [0.1, 0.15) is 26.3 Å². The monoisotopic (exact) mass is 513 g/mol. The molecule has 3 N–H and O–H groups in total. The van der Waals surface area contributed by atoms with Gasteiger partial charge in [0.25, 0.3) is 0 Å². The van der Waals surface area contributed by atoms with Gasteiger partial charge in [0.2, 0.25) is 0 Å². The topological polar surface area (TPSA) is 94.8 Å². The molecule has 2 aromatic carbocycles. The van der Waals surface area contributed by atoms with Gasteiger partial charge in [0, 0.05) is 5.39 Å². The first kappa shape index (κ1) is 13.5. The second-order valence-electron chi connectivity index (χ2n) is 3.92. The number of benzene rings is 2. The SMILES string of the molecule is Cc1ccc2c(C(=O)O)c(O)ccc2c1C(=O)O.[Rf]. The Morgan fingerprint density at radius 1 is 0.895 bits per heavy atom. The van der Waals surface area contributed by atoms with E-state index >= 15 is 0 Å². The van der Waals surface area contributed by atoms with Gasteiger partial charge in [-0.05, 0) is 30.0 Å². The van der Waals surface area contributed by atoms with Crippen molar-refractivity contribution in [1.82, 2.24) is 0 Å². The van der Waals surface area contributed by atoms with Crippen LogP contribution in [0.3, 0.4) is 0 Å². The van der Waals surface area contributed by atoms with Crippen LogP contribution < -0.4 is 0 Å². The van der Waals surface area contributed by atoms with Crippen LogP contribution in [0.4, 0.5) is 0 Å². The molecule has 0 radical (unpaired) electrons.